The van der Waals surface area contributed by atoms with Crippen LogP contribution in [0, 0.1) is 0 Å². The minimum atomic E-state index is -4.99. The molecule has 1 aromatic carbocycles. The highest BCUT2D eigenvalue weighted by atomic mass is 32.3. The number of carboxylic acids is 1. The monoisotopic (exact) mass is 262 g/mol. The maximum atomic E-state index is 12.8. The minimum absolute atomic E-state index is 0.0869. The van der Waals surface area contributed by atoms with Crippen LogP contribution in [0.2, 0.25) is 0 Å². The van der Waals surface area contributed by atoms with Crippen molar-refractivity contribution in [2.45, 2.75) is 4.90 Å². The van der Waals surface area contributed by atoms with E-state index in [1.807, 2.05) is 0 Å². The van der Waals surface area contributed by atoms with Gasteiger partial charge in [0, 0.05) is 6.07 Å². The normalized spacial score (nSPS) is 14.4. The number of aromatic carboxylic acids is 1. The van der Waals surface area contributed by atoms with Crippen LogP contribution in [0.4, 0.5) is 3.89 Å². The summed E-state index contributed by atoms with van der Waals surface area (Å²) in [6.45, 7) is 0.289. The lowest BCUT2D eigenvalue weighted by Crippen LogP contribution is -2.18. The van der Waals surface area contributed by atoms with Gasteiger partial charge < -0.3 is 14.6 Å². The molecule has 0 bridgehead atoms. The van der Waals surface area contributed by atoms with Gasteiger partial charge in [0.2, 0.25) is 0 Å². The molecule has 8 heteroatoms. The molecule has 1 N–H and O–H groups in total. The van der Waals surface area contributed by atoms with Gasteiger partial charge in [-0.2, -0.15) is 8.42 Å². The van der Waals surface area contributed by atoms with E-state index in [4.69, 9.17) is 14.6 Å². The van der Waals surface area contributed by atoms with Crippen LogP contribution >= 0.6 is 0 Å². The fraction of sp³-hybridized carbons (Fsp3) is 0.222. The molecule has 0 saturated carbocycles. The molecular formula is C9H7FO6S. The molecule has 0 aromatic heterocycles. The number of hydrogen-bond donors (Lipinski definition) is 1. The summed E-state index contributed by atoms with van der Waals surface area (Å²) >= 11 is 0. The van der Waals surface area contributed by atoms with Crippen LogP contribution in [0.1, 0.15) is 10.4 Å². The van der Waals surface area contributed by atoms with E-state index in [0.717, 1.165) is 6.07 Å². The first-order chi connectivity index (χ1) is 7.89. The van der Waals surface area contributed by atoms with Crippen molar-refractivity contribution in [3.63, 3.8) is 0 Å². The van der Waals surface area contributed by atoms with Gasteiger partial charge in [-0.15, -0.1) is 3.89 Å². The lowest BCUT2D eigenvalue weighted by atomic mass is 10.2. The smallest absolute Gasteiger partial charge is 0.339 e. The number of carboxylic acid groups (broad SMARTS) is 1. The average Bonchev–Trinajstić information content (AvgIpc) is 2.26. The maximum Gasteiger partial charge on any atom is 0.339 e. The van der Waals surface area contributed by atoms with E-state index in [1.54, 1.807) is 0 Å². The SMILES string of the molecule is O=C(O)c1cc(S(=O)(=O)F)cc2c1OCCO2. The van der Waals surface area contributed by atoms with Crippen LogP contribution in [0.5, 0.6) is 11.5 Å². The van der Waals surface area contributed by atoms with Crippen LogP contribution in [0.15, 0.2) is 17.0 Å². The summed E-state index contributed by atoms with van der Waals surface area (Å²) < 4.78 is 44.4. The Morgan fingerprint density at radius 2 is 1.94 bits per heavy atom. The fourth-order valence-corrected chi connectivity index (χ4v) is 1.93. The molecule has 1 aliphatic heterocycles. The second kappa shape index (κ2) is 3.88. The van der Waals surface area contributed by atoms with Gasteiger partial charge in [0.15, 0.2) is 11.5 Å². The van der Waals surface area contributed by atoms with Gasteiger partial charge in [0.25, 0.3) is 0 Å². The Hall–Kier alpha value is -1.83. The highest BCUT2D eigenvalue weighted by Gasteiger charge is 2.25. The van der Waals surface area contributed by atoms with E-state index in [0.29, 0.717) is 6.07 Å². The van der Waals surface area contributed by atoms with Gasteiger partial charge in [0.05, 0.1) is 0 Å². The molecular weight excluding hydrogens is 255 g/mol. The second-order valence-corrected chi connectivity index (χ2v) is 4.59. The molecule has 0 saturated heterocycles. The lowest BCUT2D eigenvalue weighted by molar-refractivity contribution is 0.0685. The molecule has 0 spiro atoms. The van der Waals surface area contributed by atoms with Gasteiger partial charge in [0.1, 0.15) is 23.7 Å². The topological polar surface area (TPSA) is 89.9 Å². The quantitative estimate of drug-likeness (QED) is 0.793. The average molecular weight is 262 g/mol. The molecule has 6 nitrogen and oxygen atoms in total. The molecule has 0 aliphatic carbocycles. The Bertz CT molecular complexity index is 579. The van der Waals surface area contributed by atoms with E-state index in [-0.39, 0.29) is 24.7 Å². The number of fused-ring (bicyclic) bond motifs is 1. The van der Waals surface area contributed by atoms with Crippen LogP contribution < -0.4 is 9.47 Å². The molecule has 1 heterocycles. The third kappa shape index (κ3) is 2.16. The largest absolute Gasteiger partial charge is 0.486 e. The van der Waals surface area contributed by atoms with Crippen LogP contribution in [0.25, 0.3) is 0 Å². The summed E-state index contributed by atoms with van der Waals surface area (Å²) in [5.74, 6) is -1.60. The van der Waals surface area contributed by atoms with E-state index < -0.39 is 26.7 Å². The summed E-state index contributed by atoms with van der Waals surface area (Å²) in [4.78, 5) is 10.1. The minimum Gasteiger partial charge on any atom is -0.486 e. The Morgan fingerprint density at radius 1 is 1.29 bits per heavy atom. The van der Waals surface area contributed by atoms with Gasteiger partial charge in [-0.25, -0.2) is 4.79 Å². The Kier molecular flexibility index (Phi) is 2.66. The van der Waals surface area contributed by atoms with Crippen molar-refractivity contribution in [1.82, 2.24) is 0 Å². The van der Waals surface area contributed by atoms with Crippen molar-refractivity contribution in [3.8, 4) is 11.5 Å². The summed E-state index contributed by atoms with van der Waals surface area (Å²) in [6, 6.07) is 1.60. The molecule has 0 fully saturated rings. The zero-order valence-electron chi connectivity index (χ0n) is 8.34. The van der Waals surface area contributed by atoms with Crippen molar-refractivity contribution in [2.24, 2.45) is 0 Å². The third-order valence-electron chi connectivity index (χ3n) is 2.13. The number of halogens is 1. The number of ether oxygens (including phenoxy) is 2. The molecule has 0 atom stereocenters. The lowest BCUT2D eigenvalue weighted by Gasteiger charge is -2.20. The van der Waals surface area contributed by atoms with Crippen molar-refractivity contribution in [1.29, 1.82) is 0 Å². The predicted octanol–water partition coefficient (Wildman–Crippen LogP) is 0.814. The number of hydrogen-bond acceptors (Lipinski definition) is 5. The zero-order chi connectivity index (χ0) is 12.6. The molecule has 0 amide bonds. The molecule has 1 aromatic rings. The van der Waals surface area contributed by atoms with Crippen molar-refractivity contribution in [3.05, 3.63) is 17.7 Å². The number of carbonyl (C=O) groups is 1. The van der Waals surface area contributed by atoms with Crippen molar-refractivity contribution >= 4 is 16.2 Å². The summed E-state index contributed by atoms with van der Waals surface area (Å²) in [7, 11) is -4.99. The van der Waals surface area contributed by atoms with Crippen LogP contribution in [-0.2, 0) is 10.2 Å². The van der Waals surface area contributed by atoms with Crippen molar-refractivity contribution in [2.75, 3.05) is 13.2 Å². The van der Waals surface area contributed by atoms with E-state index >= 15 is 0 Å². The van der Waals surface area contributed by atoms with Gasteiger partial charge in [-0.3, -0.25) is 0 Å². The molecule has 2 rings (SSSR count). The standard InChI is InChI=1S/C9H7FO6S/c10-17(13,14)5-3-6(9(11)12)8-7(4-5)15-1-2-16-8/h3-4H,1-2H2,(H,11,12). The zero-order valence-corrected chi connectivity index (χ0v) is 9.16. The highest BCUT2D eigenvalue weighted by Crippen LogP contribution is 2.36. The van der Waals surface area contributed by atoms with E-state index in [9.17, 15) is 17.1 Å². The fourth-order valence-electron chi connectivity index (χ4n) is 1.43. The molecule has 92 valence electrons. The van der Waals surface area contributed by atoms with E-state index in [2.05, 4.69) is 0 Å². The molecule has 1 aliphatic rings. The van der Waals surface area contributed by atoms with Gasteiger partial charge >= 0.3 is 16.2 Å². The van der Waals surface area contributed by atoms with Gasteiger partial charge in [-0.1, -0.05) is 0 Å². The Morgan fingerprint density at radius 3 is 2.53 bits per heavy atom. The van der Waals surface area contributed by atoms with Gasteiger partial charge in [-0.05, 0) is 6.07 Å². The summed E-state index contributed by atoms with van der Waals surface area (Å²) in [6.07, 6.45) is 0. The number of benzene rings is 1. The first-order valence-corrected chi connectivity index (χ1v) is 5.89. The molecule has 0 radical (unpaired) electrons. The summed E-state index contributed by atoms with van der Waals surface area (Å²) in [5.41, 5.74) is -0.446. The first kappa shape index (κ1) is 11.6. The highest BCUT2D eigenvalue weighted by molar-refractivity contribution is 7.86. The number of rotatable bonds is 2. The molecule has 0 unspecified atom stereocenters. The van der Waals surface area contributed by atoms with Crippen LogP contribution in [0.3, 0.4) is 0 Å². The van der Waals surface area contributed by atoms with Crippen molar-refractivity contribution < 1.29 is 31.7 Å². The Labute approximate surface area is 95.8 Å². The third-order valence-corrected chi connectivity index (χ3v) is 2.93. The first-order valence-electron chi connectivity index (χ1n) is 4.51. The summed E-state index contributed by atoms with van der Waals surface area (Å²) in [5, 5.41) is 8.88. The maximum absolute atomic E-state index is 12.8. The van der Waals surface area contributed by atoms with Crippen LogP contribution in [-0.4, -0.2) is 32.7 Å². The molecule has 17 heavy (non-hydrogen) atoms. The van der Waals surface area contributed by atoms with E-state index in [1.165, 1.54) is 0 Å². The Balaban J connectivity index is 2.69. The second-order valence-electron chi connectivity index (χ2n) is 3.24. The predicted molar refractivity (Wildman–Crippen MR) is 52.7 cm³/mol.